The minimum atomic E-state index is -0.0737. The number of rotatable bonds is 3. The number of fused-ring (bicyclic) bond motifs is 1. The molecule has 0 aliphatic carbocycles. The fourth-order valence-electron chi connectivity index (χ4n) is 1.27. The number of hydrogen-bond acceptors (Lipinski definition) is 3. The Kier molecular flexibility index (Phi) is 2.58. The van der Waals surface area contributed by atoms with Crippen LogP contribution in [-0.2, 0) is 5.75 Å². The average Bonchev–Trinajstić information content (AvgIpc) is 2.63. The van der Waals surface area contributed by atoms with Gasteiger partial charge in [-0.2, -0.15) is 21.4 Å². The monoisotopic (exact) mass is 209 g/mol. The first-order valence-electron chi connectivity index (χ1n) is 4.45. The molecule has 5 heteroatoms. The minimum Gasteiger partial charge on any atom is -0.343 e. The van der Waals surface area contributed by atoms with Crippen LogP contribution < -0.4 is 5.56 Å². The summed E-state index contributed by atoms with van der Waals surface area (Å²) in [5.74, 6) is 1.89. The van der Waals surface area contributed by atoms with Gasteiger partial charge in [0.2, 0.25) is 0 Å². The van der Waals surface area contributed by atoms with Crippen LogP contribution in [0.2, 0.25) is 0 Å². The highest BCUT2D eigenvalue weighted by Gasteiger charge is 2.00. The summed E-state index contributed by atoms with van der Waals surface area (Å²) in [4.78, 5) is 14.7. The van der Waals surface area contributed by atoms with Crippen LogP contribution in [0.4, 0.5) is 0 Å². The van der Waals surface area contributed by atoms with E-state index in [1.807, 2.05) is 0 Å². The number of nitrogens with one attached hydrogen (secondary N) is 1. The number of nitrogens with zero attached hydrogens (tertiary/aromatic N) is 2. The Morgan fingerprint density at radius 3 is 3.29 bits per heavy atom. The van der Waals surface area contributed by atoms with Crippen molar-refractivity contribution in [3.05, 3.63) is 34.4 Å². The molecule has 2 aromatic heterocycles. The maximum absolute atomic E-state index is 11.5. The van der Waals surface area contributed by atoms with Crippen LogP contribution in [-0.4, -0.2) is 20.4 Å². The van der Waals surface area contributed by atoms with Crippen LogP contribution in [0.3, 0.4) is 0 Å². The number of H-pyrrole nitrogens is 1. The van der Waals surface area contributed by atoms with E-state index in [4.69, 9.17) is 0 Å². The van der Waals surface area contributed by atoms with Gasteiger partial charge in [0.25, 0.3) is 5.56 Å². The Balaban J connectivity index is 2.43. The van der Waals surface area contributed by atoms with Gasteiger partial charge >= 0.3 is 0 Å². The van der Waals surface area contributed by atoms with E-state index in [1.165, 1.54) is 4.52 Å². The van der Waals surface area contributed by atoms with Gasteiger partial charge in [0, 0.05) is 23.6 Å². The summed E-state index contributed by atoms with van der Waals surface area (Å²) in [6.07, 6.45) is 1.62. The van der Waals surface area contributed by atoms with Gasteiger partial charge in [-0.15, -0.1) is 0 Å². The summed E-state index contributed by atoms with van der Waals surface area (Å²) in [6, 6.07) is 3.39. The molecule has 0 bridgehead atoms. The van der Waals surface area contributed by atoms with Crippen molar-refractivity contribution in [1.82, 2.24) is 14.6 Å². The molecule has 0 unspecified atom stereocenters. The van der Waals surface area contributed by atoms with Crippen LogP contribution in [0.1, 0.15) is 12.6 Å². The molecule has 2 aromatic rings. The van der Waals surface area contributed by atoms with Crippen molar-refractivity contribution in [2.75, 3.05) is 5.75 Å². The van der Waals surface area contributed by atoms with Crippen molar-refractivity contribution in [3.8, 4) is 0 Å². The molecule has 0 atom stereocenters. The molecule has 0 aromatic carbocycles. The van der Waals surface area contributed by atoms with Crippen LogP contribution >= 0.6 is 11.8 Å². The van der Waals surface area contributed by atoms with Crippen LogP contribution in [0.15, 0.2) is 23.1 Å². The van der Waals surface area contributed by atoms with E-state index in [0.717, 1.165) is 22.8 Å². The molecule has 0 amide bonds. The Labute approximate surface area is 85.3 Å². The van der Waals surface area contributed by atoms with Gasteiger partial charge in [-0.3, -0.25) is 4.79 Å². The summed E-state index contributed by atoms with van der Waals surface area (Å²) in [5.41, 5.74) is 1.63. The lowest BCUT2D eigenvalue weighted by molar-refractivity contribution is 0.888. The quantitative estimate of drug-likeness (QED) is 0.828. The van der Waals surface area contributed by atoms with E-state index in [2.05, 4.69) is 17.0 Å². The second kappa shape index (κ2) is 3.88. The van der Waals surface area contributed by atoms with Crippen molar-refractivity contribution in [1.29, 1.82) is 0 Å². The van der Waals surface area contributed by atoms with E-state index < -0.39 is 0 Å². The largest absolute Gasteiger partial charge is 0.343 e. The van der Waals surface area contributed by atoms with Crippen LogP contribution in [0.5, 0.6) is 0 Å². The lowest BCUT2D eigenvalue weighted by Gasteiger charge is -2.00. The van der Waals surface area contributed by atoms with Gasteiger partial charge < -0.3 is 4.98 Å². The molecular formula is C9H11N3OS. The fourth-order valence-corrected chi connectivity index (χ4v) is 1.85. The summed E-state index contributed by atoms with van der Waals surface area (Å²) in [7, 11) is 0. The van der Waals surface area contributed by atoms with Crippen molar-refractivity contribution in [3.63, 3.8) is 0 Å². The highest BCUT2D eigenvalue weighted by Crippen LogP contribution is 2.08. The van der Waals surface area contributed by atoms with E-state index in [9.17, 15) is 4.79 Å². The molecule has 1 N–H and O–H groups in total. The van der Waals surface area contributed by atoms with E-state index in [0.29, 0.717) is 0 Å². The molecule has 4 nitrogen and oxygen atoms in total. The zero-order valence-electron chi connectivity index (χ0n) is 7.86. The maximum atomic E-state index is 11.5. The molecule has 0 aliphatic heterocycles. The van der Waals surface area contributed by atoms with Crippen molar-refractivity contribution < 1.29 is 0 Å². The minimum absolute atomic E-state index is 0.0737. The normalized spacial score (nSPS) is 10.9. The molecule has 14 heavy (non-hydrogen) atoms. The summed E-state index contributed by atoms with van der Waals surface area (Å²) >= 11 is 1.78. The van der Waals surface area contributed by atoms with Gasteiger partial charge in [0.15, 0.2) is 0 Å². The zero-order valence-corrected chi connectivity index (χ0v) is 8.67. The maximum Gasteiger partial charge on any atom is 0.274 e. The molecule has 0 saturated heterocycles. The molecule has 2 rings (SSSR count). The Morgan fingerprint density at radius 1 is 1.64 bits per heavy atom. The molecule has 0 spiro atoms. The highest BCUT2D eigenvalue weighted by molar-refractivity contribution is 7.98. The SMILES string of the molecule is CCSCc1cc(=O)n2nccc2[nH]1. The van der Waals surface area contributed by atoms with Crippen LogP contribution in [0, 0.1) is 0 Å². The Hall–Kier alpha value is -1.23. The van der Waals surface area contributed by atoms with Crippen molar-refractivity contribution >= 4 is 17.4 Å². The van der Waals surface area contributed by atoms with E-state index in [-0.39, 0.29) is 5.56 Å². The topological polar surface area (TPSA) is 50.2 Å². The first kappa shape index (κ1) is 9.33. The molecular weight excluding hydrogens is 198 g/mol. The average molecular weight is 209 g/mol. The molecule has 0 fully saturated rings. The Morgan fingerprint density at radius 2 is 2.50 bits per heavy atom. The first-order valence-corrected chi connectivity index (χ1v) is 5.60. The van der Waals surface area contributed by atoms with Crippen molar-refractivity contribution in [2.24, 2.45) is 0 Å². The second-order valence-electron chi connectivity index (χ2n) is 2.90. The smallest absolute Gasteiger partial charge is 0.274 e. The zero-order chi connectivity index (χ0) is 9.97. The molecule has 74 valence electrons. The lowest BCUT2D eigenvalue weighted by atomic mass is 10.4. The predicted molar refractivity (Wildman–Crippen MR) is 57.6 cm³/mol. The molecule has 2 heterocycles. The molecule has 0 aliphatic rings. The number of aromatic nitrogens is 3. The molecule has 0 radical (unpaired) electrons. The third kappa shape index (κ3) is 1.68. The van der Waals surface area contributed by atoms with Gasteiger partial charge in [-0.05, 0) is 5.75 Å². The van der Waals surface area contributed by atoms with E-state index in [1.54, 1.807) is 30.1 Å². The summed E-state index contributed by atoms with van der Waals surface area (Å²) in [6.45, 7) is 2.10. The van der Waals surface area contributed by atoms with Gasteiger partial charge in [0.1, 0.15) is 5.65 Å². The van der Waals surface area contributed by atoms with Gasteiger partial charge in [0.05, 0.1) is 6.20 Å². The lowest BCUT2D eigenvalue weighted by Crippen LogP contribution is -2.14. The number of aromatic amines is 1. The standard InChI is InChI=1S/C9H11N3OS/c1-2-14-6-7-5-9(13)12-8(11-7)3-4-10-12/h3-5,11H,2,6H2,1H3. The number of hydrogen-bond donors (Lipinski definition) is 1. The number of thioether (sulfide) groups is 1. The predicted octanol–water partition coefficient (Wildman–Crippen LogP) is 1.28. The fraction of sp³-hybridized carbons (Fsp3) is 0.333. The summed E-state index contributed by atoms with van der Waals surface area (Å²) < 4.78 is 1.36. The van der Waals surface area contributed by atoms with Crippen molar-refractivity contribution in [2.45, 2.75) is 12.7 Å². The van der Waals surface area contributed by atoms with E-state index >= 15 is 0 Å². The Bertz CT molecular complexity index is 488. The highest BCUT2D eigenvalue weighted by atomic mass is 32.2. The third-order valence-corrected chi connectivity index (χ3v) is 2.82. The first-order chi connectivity index (χ1) is 6.81. The summed E-state index contributed by atoms with van der Waals surface area (Å²) in [5, 5.41) is 3.91. The third-order valence-electron chi connectivity index (χ3n) is 1.90. The van der Waals surface area contributed by atoms with Gasteiger partial charge in [-0.25, -0.2) is 0 Å². The second-order valence-corrected chi connectivity index (χ2v) is 4.17. The van der Waals surface area contributed by atoms with Gasteiger partial charge in [-0.1, -0.05) is 6.92 Å². The molecule has 0 saturated carbocycles. The van der Waals surface area contributed by atoms with Crippen LogP contribution in [0.25, 0.3) is 5.65 Å².